The fourth-order valence-corrected chi connectivity index (χ4v) is 3.16. The number of hydrogen-bond acceptors (Lipinski definition) is 5. The molecule has 0 amide bonds. The molecule has 1 fully saturated rings. The van der Waals surface area contributed by atoms with Crippen LogP contribution in [0, 0.1) is 0 Å². The summed E-state index contributed by atoms with van der Waals surface area (Å²) in [5.74, 6) is 0.788. The Labute approximate surface area is 144 Å². The SMILES string of the molecule is COc1ccc(-c2nc(Cl)nc3c2ncn3C2CCCCO2)cc1. The second-order valence-corrected chi connectivity index (χ2v) is 6.05. The van der Waals surface area contributed by atoms with Crippen molar-refractivity contribution >= 4 is 22.8 Å². The molecule has 0 spiro atoms. The largest absolute Gasteiger partial charge is 0.497 e. The van der Waals surface area contributed by atoms with Crippen molar-refractivity contribution in [3.63, 3.8) is 0 Å². The van der Waals surface area contributed by atoms with Crippen molar-refractivity contribution in [3.8, 4) is 17.0 Å². The van der Waals surface area contributed by atoms with Crippen LogP contribution >= 0.6 is 11.6 Å². The average molecular weight is 345 g/mol. The number of halogens is 1. The second-order valence-electron chi connectivity index (χ2n) is 5.72. The molecule has 3 aromatic rings. The predicted octanol–water partition coefficient (Wildman–Crippen LogP) is 3.85. The Balaban J connectivity index is 1.82. The van der Waals surface area contributed by atoms with E-state index in [9.17, 15) is 0 Å². The molecule has 1 aliphatic heterocycles. The molecular weight excluding hydrogens is 328 g/mol. The molecule has 2 aromatic heterocycles. The summed E-state index contributed by atoms with van der Waals surface area (Å²) in [6.45, 7) is 0.758. The zero-order valence-electron chi connectivity index (χ0n) is 13.3. The first-order chi connectivity index (χ1) is 11.8. The normalized spacial score (nSPS) is 18.0. The molecule has 24 heavy (non-hydrogen) atoms. The van der Waals surface area contributed by atoms with Gasteiger partial charge in [-0.15, -0.1) is 0 Å². The number of ether oxygens (including phenoxy) is 2. The lowest BCUT2D eigenvalue weighted by molar-refractivity contribution is -0.0298. The molecule has 0 N–H and O–H groups in total. The van der Waals surface area contributed by atoms with Crippen LogP contribution in [0.25, 0.3) is 22.4 Å². The quantitative estimate of drug-likeness (QED) is 0.675. The van der Waals surface area contributed by atoms with E-state index in [1.807, 2.05) is 28.8 Å². The maximum atomic E-state index is 6.17. The predicted molar refractivity (Wildman–Crippen MR) is 91.2 cm³/mol. The van der Waals surface area contributed by atoms with Crippen LogP contribution < -0.4 is 4.74 Å². The molecule has 1 saturated heterocycles. The second kappa shape index (κ2) is 6.37. The minimum absolute atomic E-state index is 0.0431. The lowest BCUT2D eigenvalue weighted by Crippen LogP contribution is -2.17. The van der Waals surface area contributed by atoms with Gasteiger partial charge in [-0.2, -0.15) is 4.98 Å². The monoisotopic (exact) mass is 344 g/mol. The first-order valence-electron chi connectivity index (χ1n) is 7.92. The average Bonchev–Trinajstić information content (AvgIpc) is 3.05. The van der Waals surface area contributed by atoms with Crippen LogP contribution in [0.15, 0.2) is 30.6 Å². The zero-order chi connectivity index (χ0) is 16.5. The van der Waals surface area contributed by atoms with Gasteiger partial charge in [0.1, 0.15) is 23.2 Å². The van der Waals surface area contributed by atoms with Crippen molar-refractivity contribution in [2.75, 3.05) is 13.7 Å². The maximum absolute atomic E-state index is 6.17. The number of imidazole rings is 1. The van der Waals surface area contributed by atoms with Crippen molar-refractivity contribution in [1.29, 1.82) is 0 Å². The third kappa shape index (κ3) is 2.72. The summed E-state index contributed by atoms with van der Waals surface area (Å²) in [5.41, 5.74) is 3.05. The van der Waals surface area contributed by atoms with Crippen molar-refractivity contribution < 1.29 is 9.47 Å². The van der Waals surface area contributed by atoms with E-state index in [1.54, 1.807) is 13.4 Å². The molecule has 1 aliphatic rings. The Morgan fingerprint density at radius 1 is 1.21 bits per heavy atom. The fourth-order valence-electron chi connectivity index (χ4n) is 2.99. The highest BCUT2D eigenvalue weighted by atomic mass is 35.5. The van der Waals surface area contributed by atoms with Crippen molar-refractivity contribution in [3.05, 3.63) is 35.9 Å². The van der Waals surface area contributed by atoms with E-state index in [4.69, 9.17) is 21.1 Å². The van der Waals surface area contributed by atoms with Crippen LogP contribution in [0.3, 0.4) is 0 Å². The van der Waals surface area contributed by atoms with Gasteiger partial charge in [0.15, 0.2) is 5.65 Å². The summed E-state index contributed by atoms with van der Waals surface area (Å²) in [4.78, 5) is 13.3. The summed E-state index contributed by atoms with van der Waals surface area (Å²) in [5, 5.41) is 0.200. The summed E-state index contributed by atoms with van der Waals surface area (Å²) < 4.78 is 13.0. The van der Waals surface area contributed by atoms with Crippen LogP contribution in [0.5, 0.6) is 5.75 Å². The highest BCUT2D eigenvalue weighted by Crippen LogP contribution is 2.31. The van der Waals surface area contributed by atoms with E-state index in [1.165, 1.54) is 0 Å². The molecule has 6 nitrogen and oxygen atoms in total. The van der Waals surface area contributed by atoms with E-state index in [0.717, 1.165) is 42.7 Å². The number of rotatable bonds is 3. The van der Waals surface area contributed by atoms with Crippen LogP contribution in [-0.4, -0.2) is 33.2 Å². The molecule has 3 heterocycles. The molecule has 1 aromatic carbocycles. The highest BCUT2D eigenvalue weighted by molar-refractivity contribution is 6.28. The number of methoxy groups -OCH3 is 1. The Hall–Kier alpha value is -2.18. The molecule has 1 unspecified atom stereocenters. The molecule has 0 radical (unpaired) electrons. The third-order valence-corrected chi connectivity index (χ3v) is 4.39. The molecule has 0 saturated carbocycles. The first-order valence-corrected chi connectivity index (χ1v) is 8.30. The van der Waals surface area contributed by atoms with E-state index in [-0.39, 0.29) is 11.5 Å². The minimum atomic E-state index is -0.0431. The molecule has 0 bridgehead atoms. The number of hydrogen-bond donors (Lipinski definition) is 0. The van der Waals surface area contributed by atoms with E-state index in [0.29, 0.717) is 11.3 Å². The number of benzene rings is 1. The Morgan fingerprint density at radius 2 is 2.04 bits per heavy atom. The molecule has 124 valence electrons. The van der Waals surface area contributed by atoms with Gasteiger partial charge in [-0.1, -0.05) is 0 Å². The van der Waals surface area contributed by atoms with Gasteiger partial charge in [0.25, 0.3) is 0 Å². The van der Waals surface area contributed by atoms with Crippen molar-refractivity contribution in [2.24, 2.45) is 0 Å². The Bertz CT molecular complexity index is 857. The first kappa shape index (κ1) is 15.4. The number of aromatic nitrogens is 4. The van der Waals surface area contributed by atoms with Crippen LogP contribution in [0.1, 0.15) is 25.5 Å². The van der Waals surface area contributed by atoms with Crippen LogP contribution in [0.4, 0.5) is 0 Å². The summed E-state index contributed by atoms with van der Waals surface area (Å²) in [6.07, 6.45) is 4.90. The van der Waals surface area contributed by atoms with Gasteiger partial charge in [0.05, 0.1) is 13.4 Å². The van der Waals surface area contributed by atoms with E-state index < -0.39 is 0 Å². The number of fused-ring (bicyclic) bond motifs is 1. The molecule has 1 atom stereocenters. The van der Waals surface area contributed by atoms with Crippen LogP contribution in [-0.2, 0) is 4.74 Å². The molecule has 7 heteroatoms. The van der Waals surface area contributed by atoms with Gasteiger partial charge in [-0.05, 0) is 55.1 Å². The van der Waals surface area contributed by atoms with Gasteiger partial charge >= 0.3 is 0 Å². The summed E-state index contributed by atoms with van der Waals surface area (Å²) in [6, 6.07) is 7.65. The summed E-state index contributed by atoms with van der Waals surface area (Å²) in [7, 11) is 1.64. The minimum Gasteiger partial charge on any atom is -0.497 e. The van der Waals surface area contributed by atoms with E-state index in [2.05, 4.69) is 15.0 Å². The number of nitrogens with zero attached hydrogens (tertiary/aromatic N) is 4. The third-order valence-electron chi connectivity index (χ3n) is 4.22. The highest BCUT2D eigenvalue weighted by Gasteiger charge is 2.21. The van der Waals surface area contributed by atoms with E-state index >= 15 is 0 Å². The smallest absolute Gasteiger partial charge is 0.225 e. The van der Waals surface area contributed by atoms with Crippen LogP contribution in [0.2, 0.25) is 5.28 Å². The molecular formula is C17H17ClN4O2. The zero-order valence-corrected chi connectivity index (χ0v) is 14.0. The molecule has 4 rings (SSSR count). The topological polar surface area (TPSA) is 62.1 Å². The van der Waals surface area contributed by atoms with Crippen molar-refractivity contribution in [2.45, 2.75) is 25.5 Å². The van der Waals surface area contributed by atoms with Crippen molar-refractivity contribution in [1.82, 2.24) is 19.5 Å². The molecule has 0 aliphatic carbocycles. The van der Waals surface area contributed by atoms with Gasteiger partial charge in [0.2, 0.25) is 5.28 Å². The standard InChI is InChI=1S/C17H17ClN4O2/c1-23-12-7-5-11(6-8-12)14-15-16(21-17(18)20-14)22(10-19-15)13-4-2-3-9-24-13/h5-8,10,13H,2-4,9H2,1H3. The van der Waals surface area contributed by atoms with Gasteiger partial charge in [0, 0.05) is 12.2 Å². The lowest BCUT2D eigenvalue weighted by atomic mass is 10.1. The Kier molecular flexibility index (Phi) is 4.08. The lowest BCUT2D eigenvalue weighted by Gasteiger charge is -2.23. The van der Waals surface area contributed by atoms with Gasteiger partial charge < -0.3 is 9.47 Å². The Morgan fingerprint density at radius 3 is 2.75 bits per heavy atom. The summed E-state index contributed by atoms with van der Waals surface area (Å²) >= 11 is 6.17. The van der Waals surface area contributed by atoms with Gasteiger partial charge in [-0.25, -0.2) is 9.97 Å². The maximum Gasteiger partial charge on any atom is 0.225 e. The van der Waals surface area contributed by atoms with Gasteiger partial charge in [-0.3, -0.25) is 4.57 Å². The fraction of sp³-hybridized carbons (Fsp3) is 0.353.